The van der Waals surface area contributed by atoms with Crippen LogP contribution in [0.5, 0.6) is 5.75 Å². The molecule has 1 aliphatic heterocycles. The lowest BCUT2D eigenvalue weighted by atomic mass is 9.93. The lowest BCUT2D eigenvalue weighted by molar-refractivity contribution is -0.123. The highest BCUT2D eigenvalue weighted by molar-refractivity contribution is 5.92. The number of carbonyl (C=O) groups is 2. The minimum absolute atomic E-state index is 0.00841. The molecular formula is C20H30N2O4. The van der Waals surface area contributed by atoms with Crippen LogP contribution >= 0.6 is 0 Å². The highest BCUT2D eigenvalue weighted by atomic mass is 16.5. The predicted molar refractivity (Wildman–Crippen MR) is 100 cm³/mol. The maximum atomic E-state index is 12.5. The number of hydrogen-bond donors (Lipinski definition) is 2. The Bertz CT molecular complexity index is 645. The number of amides is 1. The van der Waals surface area contributed by atoms with Crippen LogP contribution in [0.2, 0.25) is 0 Å². The molecule has 0 aliphatic carbocycles. The predicted octanol–water partition coefficient (Wildman–Crippen LogP) is 2.68. The van der Waals surface area contributed by atoms with Gasteiger partial charge in [0.1, 0.15) is 11.3 Å². The third-order valence-corrected chi connectivity index (χ3v) is 5.00. The number of rotatable bonds is 7. The first-order valence-electron chi connectivity index (χ1n) is 9.26. The normalized spacial score (nSPS) is 20.7. The molecule has 1 amide bonds. The molecule has 144 valence electrons. The average molecular weight is 362 g/mol. The summed E-state index contributed by atoms with van der Waals surface area (Å²) in [4.78, 5) is 24.5. The van der Waals surface area contributed by atoms with Crippen LogP contribution in [0.15, 0.2) is 18.2 Å². The second-order valence-corrected chi connectivity index (χ2v) is 7.11. The van der Waals surface area contributed by atoms with Crippen LogP contribution in [0.3, 0.4) is 0 Å². The van der Waals surface area contributed by atoms with Crippen molar-refractivity contribution in [3.8, 4) is 5.75 Å². The minimum atomic E-state index is -0.414. The van der Waals surface area contributed by atoms with Gasteiger partial charge < -0.3 is 20.1 Å². The van der Waals surface area contributed by atoms with E-state index in [1.807, 2.05) is 13.0 Å². The van der Waals surface area contributed by atoms with Crippen LogP contribution in [0.1, 0.15) is 56.1 Å². The van der Waals surface area contributed by atoms with Crippen molar-refractivity contribution >= 4 is 11.9 Å². The van der Waals surface area contributed by atoms with Crippen LogP contribution in [0.25, 0.3) is 0 Å². The zero-order valence-corrected chi connectivity index (χ0v) is 16.3. The van der Waals surface area contributed by atoms with E-state index in [9.17, 15) is 9.59 Å². The van der Waals surface area contributed by atoms with E-state index < -0.39 is 5.97 Å². The zero-order chi connectivity index (χ0) is 19.3. The molecule has 1 aliphatic rings. The van der Waals surface area contributed by atoms with Gasteiger partial charge in [-0.1, -0.05) is 19.9 Å². The Morgan fingerprint density at radius 1 is 1.31 bits per heavy atom. The third kappa shape index (κ3) is 4.75. The lowest BCUT2D eigenvalue weighted by Gasteiger charge is -2.19. The van der Waals surface area contributed by atoms with Crippen LogP contribution in [-0.4, -0.2) is 38.2 Å². The molecule has 1 aromatic rings. The molecule has 6 heteroatoms. The second-order valence-electron chi connectivity index (χ2n) is 7.11. The molecule has 2 rings (SSSR count). The first-order valence-corrected chi connectivity index (χ1v) is 9.26. The smallest absolute Gasteiger partial charge is 0.341 e. The molecule has 1 aromatic carbocycles. The fourth-order valence-electron chi connectivity index (χ4n) is 3.22. The van der Waals surface area contributed by atoms with Gasteiger partial charge >= 0.3 is 5.97 Å². The molecule has 0 spiro atoms. The molecule has 1 saturated heterocycles. The molecule has 0 aromatic heterocycles. The Morgan fingerprint density at radius 2 is 2.04 bits per heavy atom. The van der Waals surface area contributed by atoms with Gasteiger partial charge in [-0.3, -0.25) is 4.79 Å². The van der Waals surface area contributed by atoms with Gasteiger partial charge in [0.2, 0.25) is 5.91 Å². The molecule has 0 radical (unpaired) electrons. The van der Waals surface area contributed by atoms with Crippen molar-refractivity contribution < 1.29 is 19.1 Å². The van der Waals surface area contributed by atoms with Gasteiger partial charge in [0.05, 0.1) is 25.8 Å². The Labute approximate surface area is 155 Å². The van der Waals surface area contributed by atoms with Crippen LogP contribution in [0.4, 0.5) is 0 Å². The van der Waals surface area contributed by atoms with Gasteiger partial charge in [-0.05, 0) is 56.3 Å². The van der Waals surface area contributed by atoms with Crippen molar-refractivity contribution in [1.29, 1.82) is 0 Å². The van der Waals surface area contributed by atoms with Crippen molar-refractivity contribution in [3.05, 3.63) is 29.3 Å². The Morgan fingerprint density at radius 3 is 2.62 bits per heavy atom. The van der Waals surface area contributed by atoms with E-state index in [-0.39, 0.29) is 18.0 Å². The maximum Gasteiger partial charge on any atom is 0.341 e. The Hall–Kier alpha value is -2.08. The standard InChI is InChI=1S/C20H30N2O4/c1-6-26-20(24)16-8-7-14(10-18(16)25-5)13(4)22-19(23)17-9-15(11-21-17)12(2)3/h7-8,10,12-13,15,17,21H,6,9,11H2,1-5H3,(H,22,23)/t13-,15?,17+/m0/s1. The summed E-state index contributed by atoms with van der Waals surface area (Å²) in [7, 11) is 1.51. The minimum Gasteiger partial charge on any atom is -0.496 e. The van der Waals surface area contributed by atoms with E-state index in [2.05, 4.69) is 24.5 Å². The maximum absolute atomic E-state index is 12.5. The first-order chi connectivity index (χ1) is 12.4. The van der Waals surface area contributed by atoms with E-state index in [4.69, 9.17) is 9.47 Å². The van der Waals surface area contributed by atoms with Gasteiger partial charge in [0.25, 0.3) is 0 Å². The summed E-state index contributed by atoms with van der Waals surface area (Å²) in [5, 5.41) is 6.36. The van der Waals surface area contributed by atoms with Gasteiger partial charge in [-0.15, -0.1) is 0 Å². The van der Waals surface area contributed by atoms with E-state index in [1.54, 1.807) is 19.1 Å². The van der Waals surface area contributed by atoms with Crippen molar-refractivity contribution in [2.45, 2.75) is 46.2 Å². The first kappa shape index (κ1) is 20.2. The number of nitrogens with one attached hydrogen (secondary N) is 2. The average Bonchev–Trinajstić information content (AvgIpc) is 3.11. The molecule has 1 unspecified atom stereocenters. The van der Waals surface area contributed by atoms with E-state index in [1.165, 1.54) is 7.11 Å². The van der Waals surface area contributed by atoms with Gasteiger partial charge in [-0.2, -0.15) is 0 Å². The fourth-order valence-corrected chi connectivity index (χ4v) is 3.22. The number of hydrogen-bond acceptors (Lipinski definition) is 5. The monoisotopic (exact) mass is 362 g/mol. The summed E-state index contributed by atoms with van der Waals surface area (Å²) in [6.45, 7) is 9.25. The number of carbonyl (C=O) groups excluding carboxylic acids is 2. The van der Waals surface area contributed by atoms with E-state index >= 15 is 0 Å². The lowest BCUT2D eigenvalue weighted by Crippen LogP contribution is -2.41. The molecule has 2 N–H and O–H groups in total. The number of esters is 1. The SMILES string of the molecule is CCOC(=O)c1ccc([C@H](C)NC(=O)[C@H]2CC(C(C)C)CN2)cc1OC. The molecule has 1 fully saturated rings. The van der Waals surface area contributed by atoms with Crippen LogP contribution in [-0.2, 0) is 9.53 Å². The fraction of sp³-hybridized carbons (Fsp3) is 0.600. The summed E-state index contributed by atoms with van der Waals surface area (Å²) in [5.74, 6) is 1.14. The van der Waals surface area contributed by atoms with Gasteiger partial charge in [0.15, 0.2) is 0 Å². The molecule has 6 nitrogen and oxygen atoms in total. The molecule has 0 saturated carbocycles. The highest BCUT2D eigenvalue weighted by Crippen LogP contribution is 2.26. The van der Waals surface area contributed by atoms with Gasteiger partial charge in [0, 0.05) is 0 Å². The summed E-state index contributed by atoms with van der Waals surface area (Å²) >= 11 is 0. The summed E-state index contributed by atoms with van der Waals surface area (Å²) in [6.07, 6.45) is 0.862. The van der Waals surface area contributed by atoms with Crippen molar-refractivity contribution in [2.75, 3.05) is 20.3 Å². The van der Waals surface area contributed by atoms with Crippen molar-refractivity contribution in [2.24, 2.45) is 11.8 Å². The third-order valence-electron chi connectivity index (χ3n) is 5.00. The number of benzene rings is 1. The quantitative estimate of drug-likeness (QED) is 0.729. The summed E-state index contributed by atoms with van der Waals surface area (Å²) in [5.41, 5.74) is 1.26. The molecule has 3 atom stereocenters. The topological polar surface area (TPSA) is 76.7 Å². The van der Waals surface area contributed by atoms with E-state index in [0.717, 1.165) is 18.5 Å². The second kappa shape index (κ2) is 9.03. The zero-order valence-electron chi connectivity index (χ0n) is 16.3. The summed E-state index contributed by atoms with van der Waals surface area (Å²) in [6, 6.07) is 4.94. The summed E-state index contributed by atoms with van der Waals surface area (Å²) < 4.78 is 10.4. The van der Waals surface area contributed by atoms with Crippen LogP contribution < -0.4 is 15.4 Å². The molecule has 0 bridgehead atoms. The molecule has 1 heterocycles. The van der Waals surface area contributed by atoms with Crippen molar-refractivity contribution in [3.63, 3.8) is 0 Å². The van der Waals surface area contributed by atoms with Crippen molar-refractivity contribution in [1.82, 2.24) is 10.6 Å². The highest BCUT2D eigenvalue weighted by Gasteiger charge is 2.31. The van der Waals surface area contributed by atoms with Gasteiger partial charge in [-0.25, -0.2) is 4.79 Å². The Kier molecular flexibility index (Phi) is 7.03. The van der Waals surface area contributed by atoms with Crippen LogP contribution in [0, 0.1) is 11.8 Å². The number of ether oxygens (including phenoxy) is 2. The number of methoxy groups -OCH3 is 1. The Balaban J connectivity index is 2.04. The largest absolute Gasteiger partial charge is 0.496 e. The van der Waals surface area contributed by atoms with E-state index in [0.29, 0.717) is 29.8 Å². The molecular weight excluding hydrogens is 332 g/mol. The molecule has 26 heavy (non-hydrogen) atoms.